The first kappa shape index (κ1) is 14.4. The molecule has 6 nitrogen and oxygen atoms in total. The lowest BCUT2D eigenvalue weighted by molar-refractivity contribution is -0.385. The third kappa shape index (κ3) is 3.50. The van der Waals surface area contributed by atoms with Crippen molar-refractivity contribution < 1.29 is 18.8 Å². The lowest BCUT2D eigenvalue weighted by Gasteiger charge is -2.02. The topological polar surface area (TPSA) is 87.8 Å². The van der Waals surface area contributed by atoms with E-state index in [1.54, 1.807) is 0 Å². The summed E-state index contributed by atoms with van der Waals surface area (Å²) < 4.78 is 26.0. The number of hydrazone groups is 1. The molecule has 108 valence electrons. The van der Waals surface area contributed by atoms with E-state index in [1.807, 2.05) is 0 Å². The summed E-state index contributed by atoms with van der Waals surface area (Å²) in [7, 11) is 0. The Kier molecular flexibility index (Phi) is 4.07. The molecule has 8 heteroatoms. The quantitative estimate of drug-likeness (QED) is 0.515. The number of anilines is 1. The van der Waals surface area contributed by atoms with Gasteiger partial charge in [0.05, 0.1) is 16.8 Å². The van der Waals surface area contributed by atoms with Gasteiger partial charge in [0.15, 0.2) is 11.6 Å². The van der Waals surface area contributed by atoms with Crippen molar-refractivity contribution in [1.29, 1.82) is 0 Å². The molecule has 0 unspecified atom stereocenters. The number of hydrogen-bond acceptors (Lipinski definition) is 5. The van der Waals surface area contributed by atoms with Crippen LogP contribution in [0.25, 0.3) is 0 Å². The van der Waals surface area contributed by atoms with Gasteiger partial charge < -0.3 is 5.11 Å². The first-order valence-corrected chi connectivity index (χ1v) is 5.69. The number of aromatic hydroxyl groups is 1. The Hall–Kier alpha value is -3.03. The fraction of sp³-hybridized carbons (Fsp3) is 0. The molecule has 0 aliphatic heterocycles. The molecule has 0 aromatic heterocycles. The van der Waals surface area contributed by atoms with Crippen LogP contribution in [0.5, 0.6) is 5.75 Å². The third-order valence-corrected chi connectivity index (χ3v) is 2.53. The molecule has 0 atom stereocenters. The lowest BCUT2D eigenvalue weighted by atomic mass is 10.2. The molecule has 0 saturated heterocycles. The van der Waals surface area contributed by atoms with Crippen molar-refractivity contribution in [2.75, 3.05) is 5.43 Å². The monoisotopic (exact) mass is 293 g/mol. The number of phenolic OH excluding ortho intramolecular Hbond substituents is 1. The highest BCUT2D eigenvalue weighted by molar-refractivity contribution is 5.82. The van der Waals surface area contributed by atoms with Gasteiger partial charge in [0.25, 0.3) is 0 Å². The number of nitro benzene ring substituents is 1. The molecule has 2 N–H and O–H groups in total. The number of halogens is 2. The number of phenols is 1. The molecule has 0 fully saturated rings. The van der Waals surface area contributed by atoms with Gasteiger partial charge >= 0.3 is 5.69 Å². The number of hydrogen-bond donors (Lipinski definition) is 2. The molecule has 2 rings (SSSR count). The minimum absolute atomic E-state index is 0.0408. The smallest absolute Gasteiger partial charge is 0.311 e. The molecule has 0 aliphatic rings. The summed E-state index contributed by atoms with van der Waals surface area (Å²) in [4.78, 5) is 9.91. The molecule has 0 amide bonds. The van der Waals surface area contributed by atoms with Crippen molar-refractivity contribution in [3.8, 4) is 5.75 Å². The number of benzene rings is 2. The summed E-state index contributed by atoms with van der Waals surface area (Å²) in [6, 6.07) is 6.59. The third-order valence-electron chi connectivity index (χ3n) is 2.53. The zero-order valence-electron chi connectivity index (χ0n) is 10.5. The van der Waals surface area contributed by atoms with Crippen molar-refractivity contribution in [1.82, 2.24) is 0 Å². The minimum Gasteiger partial charge on any atom is -0.502 e. The van der Waals surface area contributed by atoms with Crippen LogP contribution in [0.3, 0.4) is 0 Å². The number of nitro groups is 1. The van der Waals surface area contributed by atoms with Crippen LogP contribution in [0.4, 0.5) is 20.2 Å². The van der Waals surface area contributed by atoms with E-state index in [4.69, 9.17) is 0 Å². The molecule has 0 saturated carbocycles. The number of rotatable bonds is 4. The Morgan fingerprint density at radius 3 is 2.67 bits per heavy atom. The van der Waals surface area contributed by atoms with E-state index in [1.165, 1.54) is 18.3 Å². The molecule has 2 aromatic carbocycles. The van der Waals surface area contributed by atoms with Gasteiger partial charge in [-0.05, 0) is 24.3 Å². The van der Waals surface area contributed by atoms with E-state index in [9.17, 15) is 24.0 Å². The van der Waals surface area contributed by atoms with E-state index in [0.29, 0.717) is 11.6 Å². The first-order valence-electron chi connectivity index (χ1n) is 5.69. The minimum atomic E-state index is -0.816. The highest BCUT2D eigenvalue weighted by Gasteiger charge is 2.12. The van der Waals surface area contributed by atoms with Gasteiger partial charge in [0.2, 0.25) is 0 Å². The van der Waals surface area contributed by atoms with E-state index in [-0.39, 0.29) is 5.69 Å². The normalized spacial score (nSPS) is 10.8. The zero-order chi connectivity index (χ0) is 15.4. The molecular weight excluding hydrogens is 284 g/mol. The number of nitrogens with zero attached hydrogens (tertiary/aromatic N) is 2. The lowest BCUT2D eigenvalue weighted by Crippen LogP contribution is -1.95. The second-order valence-electron chi connectivity index (χ2n) is 4.00. The highest BCUT2D eigenvalue weighted by atomic mass is 19.1. The fourth-order valence-electron chi connectivity index (χ4n) is 1.52. The second kappa shape index (κ2) is 5.95. The Balaban J connectivity index is 2.14. The van der Waals surface area contributed by atoms with Crippen molar-refractivity contribution >= 4 is 17.6 Å². The highest BCUT2D eigenvalue weighted by Crippen LogP contribution is 2.25. The standard InChI is InChI=1S/C13H9F2N3O3/c14-9-2-3-11(10(15)6-9)17-16-7-8-1-4-13(19)12(5-8)18(20)21/h1-7,17,19H/b16-7+. The Morgan fingerprint density at radius 1 is 1.24 bits per heavy atom. The molecular formula is C13H9F2N3O3. The molecule has 0 heterocycles. The van der Waals surface area contributed by atoms with E-state index in [0.717, 1.165) is 18.2 Å². The molecule has 21 heavy (non-hydrogen) atoms. The van der Waals surface area contributed by atoms with Gasteiger partial charge in [0, 0.05) is 17.7 Å². The maximum Gasteiger partial charge on any atom is 0.311 e. The SMILES string of the molecule is O=[N+]([O-])c1cc(/C=N/Nc2ccc(F)cc2F)ccc1O. The van der Waals surface area contributed by atoms with Crippen LogP contribution in [0.1, 0.15) is 5.56 Å². The van der Waals surface area contributed by atoms with Crippen molar-refractivity contribution in [3.05, 3.63) is 63.7 Å². The van der Waals surface area contributed by atoms with Gasteiger partial charge in [-0.25, -0.2) is 8.78 Å². The molecule has 2 aromatic rings. The van der Waals surface area contributed by atoms with Gasteiger partial charge in [-0.2, -0.15) is 5.10 Å². The van der Waals surface area contributed by atoms with E-state index in [2.05, 4.69) is 10.5 Å². The maximum absolute atomic E-state index is 13.3. The summed E-state index contributed by atoms with van der Waals surface area (Å²) in [5.74, 6) is -1.99. The molecule has 0 bridgehead atoms. The van der Waals surface area contributed by atoms with Crippen molar-refractivity contribution in [2.24, 2.45) is 5.10 Å². The van der Waals surface area contributed by atoms with E-state index >= 15 is 0 Å². The van der Waals surface area contributed by atoms with Crippen molar-refractivity contribution in [2.45, 2.75) is 0 Å². The van der Waals surface area contributed by atoms with Gasteiger partial charge in [-0.3, -0.25) is 15.5 Å². The molecule has 0 radical (unpaired) electrons. The average molecular weight is 293 g/mol. The number of nitrogens with one attached hydrogen (secondary N) is 1. The van der Waals surface area contributed by atoms with Crippen LogP contribution in [-0.2, 0) is 0 Å². The fourth-order valence-corrected chi connectivity index (χ4v) is 1.52. The van der Waals surface area contributed by atoms with E-state index < -0.39 is 28.0 Å². The van der Waals surface area contributed by atoms with Crippen LogP contribution < -0.4 is 5.43 Å². The summed E-state index contributed by atoms with van der Waals surface area (Å²) >= 11 is 0. The largest absolute Gasteiger partial charge is 0.502 e. The summed E-state index contributed by atoms with van der Waals surface area (Å²) in [5, 5.41) is 23.6. The summed E-state index contributed by atoms with van der Waals surface area (Å²) in [6.45, 7) is 0. The van der Waals surface area contributed by atoms with Gasteiger partial charge in [0.1, 0.15) is 5.82 Å². The van der Waals surface area contributed by atoms with Crippen LogP contribution in [0, 0.1) is 21.7 Å². The van der Waals surface area contributed by atoms with Crippen LogP contribution in [-0.4, -0.2) is 16.2 Å². The Bertz CT molecular complexity index is 720. The molecule has 0 spiro atoms. The maximum atomic E-state index is 13.3. The first-order chi connectivity index (χ1) is 9.97. The van der Waals surface area contributed by atoms with Crippen LogP contribution in [0.2, 0.25) is 0 Å². The summed E-state index contributed by atoms with van der Waals surface area (Å²) in [5.41, 5.74) is 2.17. The Labute approximate surface area is 117 Å². The van der Waals surface area contributed by atoms with Crippen LogP contribution >= 0.6 is 0 Å². The van der Waals surface area contributed by atoms with Gasteiger partial charge in [-0.15, -0.1) is 0 Å². The van der Waals surface area contributed by atoms with Crippen molar-refractivity contribution in [3.63, 3.8) is 0 Å². The summed E-state index contributed by atoms with van der Waals surface area (Å²) in [6.07, 6.45) is 1.20. The predicted octanol–water partition coefficient (Wildman–Crippen LogP) is 3.02. The van der Waals surface area contributed by atoms with Crippen LogP contribution in [0.15, 0.2) is 41.5 Å². The predicted molar refractivity (Wildman–Crippen MR) is 72.3 cm³/mol. The Morgan fingerprint density at radius 2 is 2.00 bits per heavy atom. The van der Waals surface area contributed by atoms with Gasteiger partial charge in [-0.1, -0.05) is 0 Å². The average Bonchev–Trinajstić information content (AvgIpc) is 2.42. The molecule has 0 aliphatic carbocycles. The second-order valence-corrected chi connectivity index (χ2v) is 4.00. The zero-order valence-corrected chi connectivity index (χ0v) is 10.5.